The summed E-state index contributed by atoms with van der Waals surface area (Å²) in [5.74, 6) is 0.134. The topological polar surface area (TPSA) is 37.3 Å². The summed E-state index contributed by atoms with van der Waals surface area (Å²) in [6.07, 6.45) is 10.4. The minimum Gasteiger partial charge on any atom is -0.481 e. The predicted octanol–water partition coefficient (Wildman–Crippen LogP) is 2.63. The lowest BCUT2D eigenvalue weighted by Gasteiger charge is -2.12. The van der Waals surface area contributed by atoms with Crippen LogP contribution in [0.5, 0.6) is 0 Å². The monoisotopic (exact) mass is 210 g/mol. The van der Waals surface area contributed by atoms with Crippen LogP contribution in [-0.2, 0) is 4.79 Å². The van der Waals surface area contributed by atoms with Crippen molar-refractivity contribution in [2.24, 2.45) is 5.92 Å². The molecule has 3 heteroatoms. The molecule has 2 atom stereocenters. The van der Waals surface area contributed by atoms with Crippen molar-refractivity contribution in [3.05, 3.63) is 0 Å². The van der Waals surface area contributed by atoms with E-state index in [1.807, 2.05) is 0 Å². The van der Waals surface area contributed by atoms with E-state index < -0.39 is 5.97 Å². The summed E-state index contributed by atoms with van der Waals surface area (Å²) >= 11 is 0. The van der Waals surface area contributed by atoms with Gasteiger partial charge in [0.1, 0.15) is 7.85 Å². The van der Waals surface area contributed by atoms with E-state index in [1.54, 1.807) is 0 Å². The maximum absolute atomic E-state index is 11.0. The summed E-state index contributed by atoms with van der Waals surface area (Å²) in [5.41, 5.74) is 0. The molecule has 0 aromatic carbocycles. The van der Waals surface area contributed by atoms with E-state index in [0.717, 1.165) is 31.5 Å². The van der Waals surface area contributed by atoms with Crippen LogP contribution in [0.1, 0.15) is 57.8 Å². The molecule has 15 heavy (non-hydrogen) atoms. The Labute approximate surface area is 93.9 Å². The molecular formula is C12H23BO2. The van der Waals surface area contributed by atoms with Crippen molar-refractivity contribution >= 4 is 13.8 Å². The van der Waals surface area contributed by atoms with Crippen LogP contribution >= 0.6 is 0 Å². The Morgan fingerprint density at radius 3 is 2.13 bits per heavy atom. The molecule has 0 saturated heterocycles. The maximum Gasteiger partial charge on any atom is 0.306 e. The quantitative estimate of drug-likeness (QED) is 0.675. The van der Waals surface area contributed by atoms with Gasteiger partial charge in [-0.2, -0.15) is 0 Å². The first kappa shape index (κ1) is 12.6. The lowest BCUT2D eigenvalue weighted by Crippen LogP contribution is -2.13. The summed E-state index contributed by atoms with van der Waals surface area (Å²) in [4.78, 5) is 11.0. The zero-order valence-electron chi connectivity index (χ0n) is 9.87. The minimum absolute atomic E-state index is 0.0738. The third-order valence-corrected chi connectivity index (χ3v) is 3.60. The van der Waals surface area contributed by atoms with Gasteiger partial charge < -0.3 is 5.11 Å². The molecule has 1 aliphatic rings. The first-order valence-electron chi connectivity index (χ1n) is 6.43. The maximum atomic E-state index is 11.0. The average molecular weight is 210 g/mol. The Bertz CT molecular complexity index is 194. The second-order valence-corrected chi connectivity index (χ2v) is 5.06. The minimum atomic E-state index is -0.582. The van der Waals surface area contributed by atoms with Crippen LogP contribution in [0.2, 0.25) is 5.82 Å². The summed E-state index contributed by atoms with van der Waals surface area (Å²) in [6, 6.07) is 0. The van der Waals surface area contributed by atoms with Crippen molar-refractivity contribution in [1.82, 2.24) is 0 Å². The highest BCUT2D eigenvalue weighted by Crippen LogP contribution is 2.25. The van der Waals surface area contributed by atoms with E-state index in [1.165, 1.54) is 32.1 Å². The summed E-state index contributed by atoms with van der Waals surface area (Å²) in [7, 11) is 2.30. The van der Waals surface area contributed by atoms with Crippen LogP contribution < -0.4 is 0 Å². The summed E-state index contributed by atoms with van der Waals surface area (Å²) in [5, 5.41) is 9.05. The number of hydrogen-bond acceptors (Lipinski definition) is 1. The highest BCUT2D eigenvalue weighted by Gasteiger charge is 2.17. The number of carboxylic acid groups (broad SMARTS) is 1. The number of carbonyl (C=O) groups is 1. The first-order chi connectivity index (χ1) is 7.20. The molecule has 0 heterocycles. The van der Waals surface area contributed by atoms with Crippen molar-refractivity contribution < 1.29 is 9.90 Å². The van der Waals surface area contributed by atoms with Gasteiger partial charge >= 0.3 is 5.97 Å². The van der Waals surface area contributed by atoms with Crippen molar-refractivity contribution in [2.75, 3.05) is 0 Å². The Morgan fingerprint density at radius 2 is 1.47 bits per heavy atom. The summed E-state index contributed by atoms with van der Waals surface area (Å²) < 4.78 is 0. The van der Waals surface area contributed by atoms with E-state index in [-0.39, 0.29) is 5.92 Å². The van der Waals surface area contributed by atoms with Gasteiger partial charge in [0.15, 0.2) is 0 Å². The molecule has 0 spiro atoms. The van der Waals surface area contributed by atoms with E-state index >= 15 is 0 Å². The molecule has 0 aromatic rings. The van der Waals surface area contributed by atoms with Crippen LogP contribution in [-0.4, -0.2) is 18.9 Å². The molecule has 86 valence electrons. The number of aliphatic carboxylic acids is 1. The molecule has 2 nitrogen and oxygen atoms in total. The largest absolute Gasteiger partial charge is 0.481 e. The van der Waals surface area contributed by atoms with E-state index in [4.69, 9.17) is 5.11 Å². The molecule has 1 saturated carbocycles. The molecule has 0 radical (unpaired) electrons. The van der Waals surface area contributed by atoms with Gasteiger partial charge in [-0.25, -0.2) is 0 Å². The highest BCUT2D eigenvalue weighted by atomic mass is 16.4. The fraction of sp³-hybridized carbons (Fsp3) is 0.917. The normalized spacial score (nSPS) is 30.4. The molecule has 0 aliphatic heterocycles. The average Bonchev–Trinajstić information content (AvgIpc) is 2.23. The van der Waals surface area contributed by atoms with E-state index in [0.29, 0.717) is 0 Å². The lowest BCUT2D eigenvalue weighted by atomic mass is 9.79. The van der Waals surface area contributed by atoms with E-state index in [2.05, 4.69) is 7.85 Å². The van der Waals surface area contributed by atoms with Crippen LogP contribution in [0.3, 0.4) is 0 Å². The SMILES string of the molecule is BC1CCCCCCC(C(=O)O)CCC1. The van der Waals surface area contributed by atoms with Crippen LogP contribution in [0.4, 0.5) is 0 Å². The van der Waals surface area contributed by atoms with Crippen LogP contribution in [0.25, 0.3) is 0 Å². The summed E-state index contributed by atoms with van der Waals surface area (Å²) in [6.45, 7) is 0. The fourth-order valence-corrected chi connectivity index (χ4v) is 2.49. The van der Waals surface area contributed by atoms with Crippen LogP contribution in [0, 0.1) is 5.92 Å². The molecular weight excluding hydrogens is 187 g/mol. The third kappa shape index (κ3) is 5.24. The van der Waals surface area contributed by atoms with Gasteiger partial charge in [-0.1, -0.05) is 50.8 Å². The molecule has 1 N–H and O–H groups in total. The number of carboxylic acids is 1. The van der Waals surface area contributed by atoms with Gasteiger partial charge in [0.25, 0.3) is 0 Å². The van der Waals surface area contributed by atoms with E-state index in [9.17, 15) is 4.79 Å². The van der Waals surface area contributed by atoms with Gasteiger partial charge in [0.05, 0.1) is 5.92 Å². The Hall–Kier alpha value is -0.465. The van der Waals surface area contributed by atoms with Crippen molar-refractivity contribution in [3.63, 3.8) is 0 Å². The van der Waals surface area contributed by atoms with Crippen LogP contribution in [0.15, 0.2) is 0 Å². The Kier molecular flexibility index (Phi) is 5.81. The first-order valence-corrected chi connectivity index (χ1v) is 6.43. The molecule has 0 amide bonds. The van der Waals surface area contributed by atoms with Gasteiger partial charge in [0, 0.05) is 0 Å². The second-order valence-electron chi connectivity index (χ2n) is 5.06. The molecule has 1 fully saturated rings. The third-order valence-electron chi connectivity index (χ3n) is 3.60. The number of rotatable bonds is 1. The standard InChI is InChI=1S/C12H23BO2/c13-11-8-4-2-1-3-6-10(12(14)15)7-5-9-11/h10-11H,1-9,13H2,(H,14,15). The Balaban J connectivity index is 2.38. The van der Waals surface area contributed by atoms with Gasteiger partial charge in [-0.15, -0.1) is 0 Å². The number of hydrogen-bond donors (Lipinski definition) is 1. The van der Waals surface area contributed by atoms with Gasteiger partial charge in [-0.05, 0) is 12.8 Å². The smallest absolute Gasteiger partial charge is 0.306 e. The second kappa shape index (κ2) is 6.92. The van der Waals surface area contributed by atoms with Gasteiger partial charge in [0.2, 0.25) is 0 Å². The molecule has 0 aromatic heterocycles. The molecule has 2 unspecified atom stereocenters. The van der Waals surface area contributed by atoms with Crippen molar-refractivity contribution in [3.8, 4) is 0 Å². The zero-order chi connectivity index (χ0) is 11.1. The molecule has 1 aliphatic carbocycles. The molecule has 0 bridgehead atoms. The lowest BCUT2D eigenvalue weighted by molar-refractivity contribution is -0.142. The zero-order valence-corrected chi connectivity index (χ0v) is 9.87. The predicted molar refractivity (Wildman–Crippen MR) is 65.0 cm³/mol. The highest BCUT2D eigenvalue weighted by molar-refractivity contribution is 6.11. The van der Waals surface area contributed by atoms with Crippen molar-refractivity contribution in [2.45, 2.75) is 63.6 Å². The fourth-order valence-electron chi connectivity index (χ4n) is 2.49. The molecule has 1 rings (SSSR count). The Morgan fingerprint density at radius 1 is 0.933 bits per heavy atom. The van der Waals surface area contributed by atoms with Gasteiger partial charge in [-0.3, -0.25) is 4.79 Å². The van der Waals surface area contributed by atoms with Crippen molar-refractivity contribution in [1.29, 1.82) is 0 Å².